The van der Waals surface area contributed by atoms with Crippen molar-refractivity contribution in [2.24, 2.45) is 0 Å². The zero-order valence-electron chi connectivity index (χ0n) is 14.7. The van der Waals surface area contributed by atoms with E-state index in [0.29, 0.717) is 12.0 Å². The number of rotatable bonds is 6. The van der Waals surface area contributed by atoms with Crippen molar-refractivity contribution in [3.05, 3.63) is 47.5 Å². The minimum atomic E-state index is 0.572. The van der Waals surface area contributed by atoms with Crippen molar-refractivity contribution in [2.75, 3.05) is 19.7 Å². The van der Waals surface area contributed by atoms with Crippen LogP contribution in [0.3, 0.4) is 0 Å². The number of aryl methyl sites for hydroxylation is 1. The number of benzene rings is 1. The molecular weight excluding hydrogens is 298 g/mol. The minimum absolute atomic E-state index is 0.572. The van der Waals surface area contributed by atoms with E-state index in [1.807, 2.05) is 6.92 Å². The summed E-state index contributed by atoms with van der Waals surface area (Å²) in [7, 11) is 0. The first kappa shape index (κ1) is 15.7. The zero-order chi connectivity index (χ0) is 16.5. The zero-order valence-corrected chi connectivity index (χ0v) is 14.7. The van der Waals surface area contributed by atoms with Crippen molar-refractivity contribution in [2.45, 2.75) is 51.6 Å². The van der Waals surface area contributed by atoms with Crippen molar-refractivity contribution >= 4 is 0 Å². The Hall–Kier alpha value is -1.81. The van der Waals surface area contributed by atoms with E-state index in [-0.39, 0.29) is 0 Å². The molecule has 1 aromatic heterocycles. The molecule has 24 heavy (non-hydrogen) atoms. The number of hydrogen-bond acceptors (Lipinski definition) is 3. The van der Waals surface area contributed by atoms with Crippen LogP contribution in [0.2, 0.25) is 0 Å². The Morgan fingerprint density at radius 1 is 1.21 bits per heavy atom. The number of aromatic nitrogens is 2. The van der Waals surface area contributed by atoms with Crippen molar-refractivity contribution in [3.63, 3.8) is 0 Å². The van der Waals surface area contributed by atoms with E-state index < -0.39 is 0 Å². The first-order valence-electron chi connectivity index (χ1n) is 9.23. The molecule has 0 N–H and O–H groups in total. The molecular formula is C20H27N3O. The average molecular weight is 325 g/mol. The van der Waals surface area contributed by atoms with Gasteiger partial charge in [0.2, 0.25) is 0 Å². The second kappa shape index (κ2) is 6.60. The summed E-state index contributed by atoms with van der Waals surface area (Å²) in [5, 5.41) is 0. The number of nitrogens with zero attached hydrogens (tertiary/aromatic N) is 3. The van der Waals surface area contributed by atoms with E-state index in [0.717, 1.165) is 32.0 Å². The lowest BCUT2D eigenvalue weighted by atomic mass is 10.2. The van der Waals surface area contributed by atoms with Crippen LogP contribution in [0.25, 0.3) is 0 Å². The van der Waals surface area contributed by atoms with Gasteiger partial charge < -0.3 is 9.30 Å². The summed E-state index contributed by atoms with van der Waals surface area (Å²) in [5.74, 6) is 3.07. The summed E-state index contributed by atoms with van der Waals surface area (Å²) >= 11 is 0. The average Bonchev–Trinajstić information content (AvgIpc) is 3.21. The summed E-state index contributed by atoms with van der Waals surface area (Å²) < 4.78 is 8.30. The van der Waals surface area contributed by atoms with E-state index >= 15 is 0 Å². The van der Waals surface area contributed by atoms with Gasteiger partial charge in [0.25, 0.3) is 0 Å². The summed E-state index contributed by atoms with van der Waals surface area (Å²) in [6.45, 7) is 8.19. The van der Waals surface area contributed by atoms with Gasteiger partial charge >= 0.3 is 0 Å². The van der Waals surface area contributed by atoms with Crippen molar-refractivity contribution < 1.29 is 4.74 Å². The molecule has 4 nitrogen and oxygen atoms in total. The predicted molar refractivity (Wildman–Crippen MR) is 95.5 cm³/mol. The first-order chi connectivity index (χ1) is 11.8. The molecule has 1 aliphatic carbocycles. The maximum absolute atomic E-state index is 5.78. The molecule has 1 saturated carbocycles. The van der Waals surface area contributed by atoms with E-state index in [9.17, 15) is 0 Å². The highest BCUT2D eigenvalue weighted by atomic mass is 16.5. The monoisotopic (exact) mass is 325 g/mol. The molecule has 2 aromatic rings. The highest BCUT2D eigenvalue weighted by Crippen LogP contribution is 2.41. The Kier molecular flexibility index (Phi) is 4.31. The Morgan fingerprint density at radius 2 is 2.04 bits per heavy atom. The molecule has 1 aromatic carbocycles. The quantitative estimate of drug-likeness (QED) is 0.806. The number of ether oxygens (including phenoxy) is 1. The second-order valence-electron chi connectivity index (χ2n) is 7.12. The molecule has 128 valence electrons. The van der Waals surface area contributed by atoms with Crippen molar-refractivity contribution in [3.8, 4) is 5.75 Å². The normalized spacial score (nSPS) is 21.3. The largest absolute Gasteiger partial charge is 0.494 e. The Balaban J connectivity index is 1.47. The Bertz CT molecular complexity index is 705. The van der Waals surface area contributed by atoms with Crippen LogP contribution in [0.4, 0.5) is 0 Å². The predicted octanol–water partition coefficient (Wildman–Crippen LogP) is 3.91. The molecule has 2 aliphatic rings. The highest BCUT2D eigenvalue weighted by Gasteiger charge is 2.33. The van der Waals surface area contributed by atoms with Crippen LogP contribution >= 0.6 is 0 Å². The molecule has 4 heteroatoms. The Labute approximate surface area is 144 Å². The summed E-state index contributed by atoms with van der Waals surface area (Å²) in [5.41, 5.74) is 2.61. The molecule has 2 fully saturated rings. The molecule has 1 unspecified atom stereocenters. The minimum Gasteiger partial charge on any atom is -0.494 e. The third-order valence-corrected chi connectivity index (χ3v) is 5.23. The number of hydrogen-bond donors (Lipinski definition) is 0. The van der Waals surface area contributed by atoms with Crippen LogP contribution < -0.4 is 4.74 Å². The van der Waals surface area contributed by atoms with Gasteiger partial charge in [0, 0.05) is 49.0 Å². The molecule has 2 heterocycles. The topological polar surface area (TPSA) is 30.3 Å². The van der Waals surface area contributed by atoms with Gasteiger partial charge in [-0.1, -0.05) is 18.2 Å². The van der Waals surface area contributed by atoms with Crippen LogP contribution in [0.15, 0.2) is 30.5 Å². The van der Waals surface area contributed by atoms with Crippen LogP contribution in [-0.4, -0.2) is 34.1 Å². The molecule has 4 rings (SSSR count). The van der Waals surface area contributed by atoms with Crippen LogP contribution in [0.5, 0.6) is 5.75 Å². The second-order valence-corrected chi connectivity index (χ2v) is 7.12. The van der Waals surface area contributed by atoms with Gasteiger partial charge in [-0.05, 0) is 39.2 Å². The van der Waals surface area contributed by atoms with Gasteiger partial charge in [-0.2, -0.15) is 0 Å². The summed E-state index contributed by atoms with van der Waals surface area (Å²) in [4.78, 5) is 7.25. The van der Waals surface area contributed by atoms with Crippen LogP contribution in [0.1, 0.15) is 55.2 Å². The third kappa shape index (κ3) is 3.07. The van der Waals surface area contributed by atoms with Gasteiger partial charge in [-0.25, -0.2) is 4.98 Å². The number of para-hydroxylation sites is 1. The van der Waals surface area contributed by atoms with E-state index in [4.69, 9.17) is 9.72 Å². The van der Waals surface area contributed by atoms with Gasteiger partial charge in [0.1, 0.15) is 11.6 Å². The van der Waals surface area contributed by atoms with E-state index in [1.165, 1.54) is 36.3 Å². The fourth-order valence-corrected chi connectivity index (χ4v) is 3.92. The summed E-state index contributed by atoms with van der Waals surface area (Å²) in [6.07, 6.45) is 5.90. The van der Waals surface area contributed by atoms with Crippen molar-refractivity contribution in [1.29, 1.82) is 0 Å². The van der Waals surface area contributed by atoms with Crippen LogP contribution in [-0.2, 0) is 6.54 Å². The smallest absolute Gasteiger partial charge is 0.123 e. The van der Waals surface area contributed by atoms with E-state index in [1.54, 1.807) is 0 Å². The lowest BCUT2D eigenvalue weighted by Gasteiger charge is -2.20. The highest BCUT2D eigenvalue weighted by molar-refractivity contribution is 5.33. The summed E-state index contributed by atoms with van der Waals surface area (Å²) in [6, 6.07) is 9.00. The number of imidazole rings is 1. The Morgan fingerprint density at radius 3 is 2.83 bits per heavy atom. The fraction of sp³-hybridized carbons (Fsp3) is 0.550. The van der Waals surface area contributed by atoms with Gasteiger partial charge in [-0.15, -0.1) is 0 Å². The lowest BCUT2D eigenvalue weighted by molar-refractivity contribution is 0.295. The van der Waals surface area contributed by atoms with Crippen molar-refractivity contribution in [1.82, 2.24) is 14.5 Å². The lowest BCUT2D eigenvalue weighted by Crippen LogP contribution is -2.22. The third-order valence-electron chi connectivity index (χ3n) is 5.23. The standard InChI is InChI=1S/C20H27N3O/c1-3-24-19-7-5-4-6-17(19)13-22-11-10-18(14-22)23-15(2)12-21-20(23)16-8-9-16/h4-7,12,16,18H,3,8-11,13-14H2,1-2H3. The molecule has 0 bridgehead atoms. The molecule has 0 spiro atoms. The van der Waals surface area contributed by atoms with E-state index in [2.05, 4.69) is 46.9 Å². The first-order valence-corrected chi connectivity index (χ1v) is 9.23. The van der Waals surface area contributed by atoms with Gasteiger partial charge in [-0.3, -0.25) is 4.90 Å². The molecule has 1 saturated heterocycles. The SMILES string of the molecule is CCOc1ccccc1CN1CCC(n2c(C)cnc2C2CC2)C1. The molecule has 1 aliphatic heterocycles. The molecule has 0 radical (unpaired) electrons. The number of likely N-dealkylation sites (tertiary alicyclic amines) is 1. The maximum Gasteiger partial charge on any atom is 0.123 e. The van der Waals surface area contributed by atoms with Gasteiger partial charge in [0.15, 0.2) is 0 Å². The molecule has 1 atom stereocenters. The maximum atomic E-state index is 5.78. The molecule has 0 amide bonds. The fourth-order valence-electron chi connectivity index (χ4n) is 3.92. The van der Waals surface area contributed by atoms with Crippen LogP contribution in [0, 0.1) is 6.92 Å². The van der Waals surface area contributed by atoms with Gasteiger partial charge in [0.05, 0.1) is 6.61 Å².